The molecule has 0 unspecified atom stereocenters. The van der Waals surface area contributed by atoms with Crippen LogP contribution in [-0.2, 0) is 4.79 Å². The number of aliphatic hydroxyl groups is 6. The number of ketones is 1. The Bertz CT molecular complexity index is 860. The molecule has 0 heterocycles. The van der Waals surface area contributed by atoms with E-state index in [0.717, 1.165) is 12.0 Å². The SMILES string of the molecule is CC(C)(O)C[C@@H](O)C[C@@](C)(O)[C@H]1CC[C@@]2(O)C3=CC(=O)[C@H]4C[C@@H](O)[C@@H](O)C[C@]4(C)[C@H]3CC[C@]12C. The summed E-state index contributed by atoms with van der Waals surface area (Å²) in [4.78, 5) is 13.2. The van der Waals surface area contributed by atoms with Crippen molar-refractivity contribution in [2.45, 2.75) is 121 Å². The standard InChI is InChI=1S/C27H44O7/c1-23(2,32)12-15(28)13-26(5,33)22-7-9-27(34)17-10-19(29)18-11-20(30)21(31)14-24(18,3)16(17)6-8-25(22,27)4/h10,15-16,18,20-22,28,30-34H,6-9,11-14H2,1-5H3/t15-,16+,18-,20-,21+,22+,24-,25-,26-,27-/m1/s1. The molecule has 0 aromatic carbocycles. The van der Waals surface area contributed by atoms with E-state index in [9.17, 15) is 35.4 Å². The Hall–Kier alpha value is -0.830. The van der Waals surface area contributed by atoms with E-state index in [1.54, 1.807) is 26.8 Å². The maximum atomic E-state index is 13.2. The summed E-state index contributed by atoms with van der Waals surface area (Å²) < 4.78 is 0. The number of hydrogen-bond acceptors (Lipinski definition) is 7. The maximum Gasteiger partial charge on any atom is 0.159 e. The molecule has 34 heavy (non-hydrogen) atoms. The van der Waals surface area contributed by atoms with Gasteiger partial charge in [-0.2, -0.15) is 0 Å². The van der Waals surface area contributed by atoms with Crippen LogP contribution in [0, 0.1) is 28.6 Å². The van der Waals surface area contributed by atoms with Gasteiger partial charge in [0.15, 0.2) is 5.78 Å². The van der Waals surface area contributed by atoms with Gasteiger partial charge in [-0.1, -0.05) is 13.8 Å². The van der Waals surface area contributed by atoms with Gasteiger partial charge in [0.2, 0.25) is 0 Å². The second kappa shape index (κ2) is 8.09. The van der Waals surface area contributed by atoms with Crippen LogP contribution in [0.2, 0.25) is 0 Å². The summed E-state index contributed by atoms with van der Waals surface area (Å²) in [7, 11) is 0. The molecule has 4 aliphatic carbocycles. The number of aliphatic hydroxyl groups excluding tert-OH is 3. The topological polar surface area (TPSA) is 138 Å². The first-order chi connectivity index (χ1) is 15.4. The van der Waals surface area contributed by atoms with Crippen molar-refractivity contribution < 1.29 is 35.4 Å². The van der Waals surface area contributed by atoms with E-state index in [0.29, 0.717) is 25.7 Å². The highest BCUT2D eigenvalue weighted by atomic mass is 16.3. The van der Waals surface area contributed by atoms with Crippen LogP contribution in [0.5, 0.6) is 0 Å². The van der Waals surface area contributed by atoms with Crippen molar-refractivity contribution in [3.63, 3.8) is 0 Å². The van der Waals surface area contributed by atoms with Crippen LogP contribution in [0.15, 0.2) is 11.6 Å². The summed E-state index contributed by atoms with van der Waals surface area (Å²) in [6.07, 6.45) is 2.12. The van der Waals surface area contributed by atoms with Crippen LogP contribution < -0.4 is 0 Å². The summed E-state index contributed by atoms with van der Waals surface area (Å²) in [6.45, 7) is 8.98. The first-order valence-electron chi connectivity index (χ1n) is 12.9. The van der Waals surface area contributed by atoms with Gasteiger partial charge in [0.25, 0.3) is 0 Å². The Labute approximate surface area is 202 Å². The molecule has 0 spiro atoms. The zero-order chi connectivity index (χ0) is 25.5. The minimum atomic E-state index is -1.26. The molecule has 3 saturated carbocycles. The highest BCUT2D eigenvalue weighted by molar-refractivity contribution is 5.95. The average molecular weight is 481 g/mol. The summed E-state index contributed by atoms with van der Waals surface area (Å²) in [5, 5.41) is 65.1. The summed E-state index contributed by atoms with van der Waals surface area (Å²) in [5.41, 5.74) is -4.04. The van der Waals surface area contributed by atoms with Crippen LogP contribution in [0.3, 0.4) is 0 Å². The number of carbonyl (C=O) groups is 1. The second-order valence-corrected chi connectivity index (χ2v) is 13.3. The van der Waals surface area contributed by atoms with E-state index < -0.39 is 45.9 Å². The second-order valence-electron chi connectivity index (χ2n) is 13.3. The Morgan fingerprint density at radius 1 is 1.03 bits per heavy atom. The highest BCUT2D eigenvalue weighted by Crippen LogP contribution is 2.68. The van der Waals surface area contributed by atoms with Crippen LogP contribution in [0.4, 0.5) is 0 Å². The molecule has 6 N–H and O–H groups in total. The maximum absolute atomic E-state index is 13.2. The lowest BCUT2D eigenvalue weighted by Gasteiger charge is -2.60. The smallest absolute Gasteiger partial charge is 0.159 e. The summed E-state index contributed by atoms with van der Waals surface area (Å²) in [5.74, 6) is -0.819. The fourth-order valence-corrected chi connectivity index (χ4v) is 8.64. The van der Waals surface area contributed by atoms with E-state index >= 15 is 0 Å². The van der Waals surface area contributed by atoms with Crippen LogP contribution >= 0.6 is 0 Å². The van der Waals surface area contributed by atoms with E-state index in [1.807, 2.05) is 13.8 Å². The number of rotatable bonds is 5. The third kappa shape index (κ3) is 3.91. The van der Waals surface area contributed by atoms with Crippen LogP contribution in [0.1, 0.15) is 86.0 Å². The predicted molar refractivity (Wildman–Crippen MR) is 127 cm³/mol. The molecule has 0 saturated heterocycles. The Morgan fingerprint density at radius 3 is 2.29 bits per heavy atom. The molecule has 4 rings (SSSR count). The fourth-order valence-electron chi connectivity index (χ4n) is 8.64. The van der Waals surface area contributed by atoms with Gasteiger partial charge in [0, 0.05) is 24.2 Å². The van der Waals surface area contributed by atoms with Gasteiger partial charge < -0.3 is 30.6 Å². The van der Waals surface area contributed by atoms with Crippen molar-refractivity contribution in [1.82, 2.24) is 0 Å². The van der Waals surface area contributed by atoms with Crippen molar-refractivity contribution in [3.05, 3.63) is 11.6 Å². The molecule has 4 aliphatic rings. The third-order valence-electron chi connectivity index (χ3n) is 10.3. The van der Waals surface area contributed by atoms with Crippen molar-refractivity contribution in [2.24, 2.45) is 28.6 Å². The van der Waals surface area contributed by atoms with E-state index in [4.69, 9.17) is 0 Å². The minimum absolute atomic E-state index is 0.0695. The van der Waals surface area contributed by atoms with Gasteiger partial charge >= 0.3 is 0 Å². The van der Waals surface area contributed by atoms with Gasteiger partial charge in [-0.3, -0.25) is 4.79 Å². The molecule has 7 heteroatoms. The Morgan fingerprint density at radius 2 is 1.68 bits per heavy atom. The van der Waals surface area contributed by atoms with Crippen molar-refractivity contribution in [3.8, 4) is 0 Å². The van der Waals surface area contributed by atoms with Crippen molar-refractivity contribution in [2.75, 3.05) is 0 Å². The zero-order valence-electron chi connectivity index (χ0n) is 21.3. The fraction of sp³-hybridized carbons (Fsp3) is 0.889. The number of hydrogen-bond donors (Lipinski definition) is 6. The highest BCUT2D eigenvalue weighted by Gasteiger charge is 2.68. The Balaban J connectivity index is 1.65. The first kappa shape index (κ1) is 26.2. The largest absolute Gasteiger partial charge is 0.393 e. The average Bonchev–Trinajstić information content (AvgIpc) is 2.95. The molecular formula is C27H44O7. The van der Waals surface area contributed by atoms with E-state index in [1.165, 1.54) is 0 Å². The van der Waals surface area contributed by atoms with Crippen LogP contribution in [0.25, 0.3) is 0 Å². The van der Waals surface area contributed by atoms with Gasteiger partial charge in [-0.05, 0) is 88.2 Å². The molecule has 0 aliphatic heterocycles. The molecule has 7 nitrogen and oxygen atoms in total. The molecule has 0 radical (unpaired) electrons. The number of carbonyl (C=O) groups excluding carboxylic acids is 1. The molecule has 10 atom stereocenters. The molecular weight excluding hydrogens is 436 g/mol. The Kier molecular flexibility index (Phi) is 6.24. The molecule has 0 amide bonds. The lowest BCUT2D eigenvalue weighted by molar-refractivity contribution is -0.163. The van der Waals surface area contributed by atoms with Gasteiger partial charge in [0.1, 0.15) is 0 Å². The third-order valence-corrected chi connectivity index (χ3v) is 10.3. The number of allylic oxidation sites excluding steroid dienone is 1. The minimum Gasteiger partial charge on any atom is -0.393 e. The lowest BCUT2D eigenvalue weighted by Crippen LogP contribution is -2.62. The van der Waals surface area contributed by atoms with Crippen molar-refractivity contribution >= 4 is 5.78 Å². The van der Waals surface area contributed by atoms with E-state index in [2.05, 4.69) is 0 Å². The molecule has 194 valence electrons. The first-order valence-corrected chi connectivity index (χ1v) is 12.9. The molecule has 3 fully saturated rings. The van der Waals surface area contributed by atoms with Gasteiger partial charge in [-0.25, -0.2) is 0 Å². The summed E-state index contributed by atoms with van der Waals surface area (Å²) in [6, 6.07) is 0. The zero-order valence-corrected chi connectivity index (χ0v) is 21.3. The van der Waals surface area contributed by atoms with Crippen molar-refractivity contribution in [1.29, 1.82) is 0 Å². The normalized spacial score (nSPS) is 47.2. The predicted octanol–water partition coefficient (Wildman–Crippen LogP) is 1.85. The van der Waals surface area contributed by atoms with Gasteiger partial charge in [0.05, 0.1) is 35.1 Å². The lowest BCUT2D eigenvalue weighted by atomic mass is 9.45. The quantitative estimate of drug-likeness (QED) is 0.353. The van der Waals surface area contributed by atoms with Crippen LogP contribution in [-0.4, -0.2) is 71.5 Å². The molecule has 0 aromatic heterocycles. The molecule has 0 aromatic rings. The number of fused-ring (bicyclic) bond motifs is 5. The monoisotopic (exact) mass is 480 g/mol. The van der Waals surface area contributed by atoms with E-state index in [-0.39, 0.29) is 42.8 Å². The van der Waals surface area contributed by atoms with Gasteiger partial charge in [-0.15, -0.1) is 0 Å². The molecule has 0 bridgehead atoms. The summed E-state index contributed by atoms with van der Waals surface area (Å²) >= 11 is 0.